The van der Waals surface area contributed by atoms with Crippen LogP contribution in [0.5, 0.6) is 11.5 Å². The summed E-state index contributed by atoms with van der Waals surface area (Å²) in [4.78, 5) is 13.7. The summed E-state index contributed by atoms with van der Waals surface area (Å²) in [5, 5.41) is 24.3. The van der Waals surface area contributed by atoms with Crippen molar-refractivity contribution in [2.75, 3.05) is 40.4 Å². The Hall–Kier alpha value is -3.95. The van der Waals surface area contributed by atoms with E-state index < -0.39 is 22.6 Å². The molecule has 6 aliphatic rings. The van der Waals surface area contributed by atoms with E-state index in [0.717, 1.165) is 83.5 Å². The van der Waals surface area contributed by atoms with Crippen LogP contribution in [0.3, 0.4) is 0 Å². The Morgan fingerprint density at radius 3 is 1.45 bits per heavy atom. The van der Waals surface area contributed by atoms with Gasteiger partial charge < -0.3 is 19.7 Å². The van der Waals surface area contributed by atoms with Crippen LogP contribution in [0.15, 0.2) is 86.2 Å². The van der Waals surface area contributed by atoms with Crippen LogP contribution in [0, 0.1) is 23.7 Å². The molecule has 13 heteroatoms. The van der Waals surface area contributed by atoms with E-state index in [9.17, 15) is 10.2 Å². The Labute approximate surface area is 311 Å². The number of hydrogen-bond donors (Lipinski definition) is 4. The van der Waals surface area contributed by atoms with E-state index in [2.05, 4.69) is 45.1 Å². The number of aromatic nitrogens is 2. The Morgan fingerprint density at radius 2 is 1.13 bits per heavy atom. The molecule has 0 amide bonds. The number of rotatable bonds is 8. The predicted molar refractivity (Wildman–Crippen MR) is 204 cm³/mol. The molecular weight excluding hydrogens is 697 g/mol. The topological polar surface area (TPSA) is 166 Å². The number of hydrogen-bond acceptors (Lipinski definition) is 10. The van der Waals surface area contributed by atoms with Crippen LogP contribution in [0.4, 0.5) is 0 Å². The van der Waals surface area contributed by atoms with Crippen molar-refractivity contribution in [1.82, 2.24) is 19.8 Å². The third-order valence-corrected chi connectivity index (χ3v) is 11.6. The van der Waals surface area contributed by atoms with Gasteiger partial charge in [0.15, 0.2) is 0 Å². The zero-order valence-electron chi connectivity index (χ0n) is 30.2. The first-order valence-electron chi connectivity index (χ1n) is 18.1. The maximum absolute atomic E-state index is 11.2. The number of benzene rings is 2. The maximum atomic E-state index is 11.2. The molecule has 2 unspecified atom stereocenters. The van der Waals surface area contributed by atoms with Crippen molar-refractivity contribution in [2.24, 2.45) is 23.7 Å². The summed E-state index contributed by atoms with van der Waals surface area (Å²) in [7, 11) is -1.34. The normalized spacial score (nSPS) is 28.5. The fraction of sp³-hybridized carbons (Fsp3) is 0.450. The molecule has 10 rings (SSSR count). The zero-order valence-corrected chi connectivity index (χ0v) is 31.1. The van der Waals surface area contributed by atoms with Gasteiger partial charge in [-0.05, 0) is 122 Å². The largest absolute Gasteiger partial charge is 0.497 e. The molecule has 4 N–H and O–H groups in total. The second kappa shape index (κ2) is 16.6. The first-order valence-corrected chi connectivity index (χ1v) is 19.5. The summed E-state index contributed by atoms with van der Waals surface area (Å²) in [6.45, 7) is 12.1. The molecule has 4 bridgehead atoms. The van der Waals surface area contributed by atoms with Crippen LogP contribution in [0.25, 0.3) is 21.8 Å². The van der Waals surface area contributed by atoms with Crippen molar-refractivity contribution in [3.63, 3.8) is 0 Å². The van der Waals surface area contributed by atoms with Crippen molar-refractivity contribution in [2.45, 2.75) is 50.0 Å². The average molecular weight is 747 g/mol. The molecule has 0 spiro atoms. The Kier molecular flexibility index (Phi) is 12.1. The minimum absolute atomic E-state index is 0.178. The van der Waals surface area contributed by atoms with Gasteiger partial charge in [0, 0.05) is 48.3 Å². The van der Waals surface area contributed by atoms with Gasteiger partial charge in [-0.2, -0.15) is 8.42 Å². The monoisotopic (exact) mass is 746 g/mol. The number of nitrogens with zero attached hydrogens (tertiary/aromatic N) is 4. The number of piperidine rings is 6. The van der Waals surface area contributed by atoms with Crippen molar-refractivity contribution < 1.29 is 37.2 Å². The van der Waals surface area contributed by atoms with Crippen LogP contribution in [0.1, 0.15) is 49.0 Å². The highest BCUT2D eigenvalue weighted by Crippen LogP contribution is 2.43. The first-order chi connectivity index (χ1) is 25.4. The van der Waals surface area contributed by atoms with E-state index in [-0.39, 0.29) is 12.1 Å². The highest BCUT2D eigenvalue weighted by molar-refractivity contribution is 7.79. The van der Waals surface area contributed by atoms with E-state index in [4.69, 9.17) is 27.0 Å². The molecule has 0 saturated carbocycles. The second-order valence-corrected chi connectivity index (χ2v) is 15.3. The van der Waals surface area contributed by atoms with Gasteiger partial charge in [-0.1, -0.05) is 12.2 Å². The third kappa shape index (κ3) is 8.73. The van der Waals surface area contributed by atoms with Crippen LogP contribution in [0.2, 0.25) is 0 Å². The lowest BCUT2D eigenvalue weighted by molar-refractivity contribution is -0.0445. The van der Waals surface area contributed by atoms with E-state index >= 15 is 0 Å². The quantitative estimate of drug-likeness (QED) is 0.129. The molecule has 53 heavy (non-hydrogen) atoms. The molecule has 2 aromatic carbocycles. The lowest BCUT2D eigenvalue weighted by Crippen LogP contribution is -2.54. The van der Waals surface area contributed by atoms with Gasteiger partial charge in [0.1, 0.15) is 11.5 Å². The number of pyridine rings is 2. The molecular formula is C40H50N4O8S. The summed E-state index contributed by atoms with van der Waals surface area (Å²) in [5.74, 6) is 4.01. The lowest BCUT2D eigenvalue weighted by Gasteiger charge is -2.50. The fourth-order valence-corrected chi connectivity index (χ4v) is 8.89. The number of ether oxygens (including phenoxy) is 2. The molecule has 0 aliphatic carbocycles. The number of aliphatic hydroxyl groups excluding tert-OH is 2. The summed E-state index contributed by atoms with van der Waals surface area (Å²) in [5.41, 5.74) is 3.69. The van der Waals surface area contributed by atoms with Crippen molar-refractivity contribution in [1.29, 1.82) is 0 Å². The molecule has 8 heterocycles. The van der Waals surface area contributed by atoms with E-state index in [0.29, 0.717) is 23.7 Å². The second-order valence-electron chi connectivity index (χ2n) is 14.4. The van der Waals surface area contributed by atoms with Gasteiger partial charge in [-0.15, -0.1) is 13.2 Å². The highest BCUT2D eigenvalue weighted by atomic mass is 32.3. The van der Waals surface area contributed by atoms with E-state index in [1.165, 1.54) is 12.8 Å². The van der Waals surface area contributed by atoms with Gasteiger partial charge >= 0.3 is 10.4 Å². The molecule has 6 aliphatic heterocycles. The van der Waals surface area contributed by atoms with E-state index in [1.54, 1.807) is 26.6 Å². The van der Waals surface area contributed by atoms with Crippen LogP contribution in [-0.2, 0) is 10.4 Å². The number of aliphatic hydroxyl groups is 2. The van der Waals surface area contributed by atoms with Crippen LogP contribution in [-0.4, -0.2) is 100.0 Å². The highest BCUT2D eigenvalue weighted by Gasteiger charge is 2.43. The van der Waals surface area contributed by atoms with Gasteiger partial charge in [-0.3, -0.25) is 28.9 Å². The third-order valence-electron chi connectivity index (χ3n) is 11.6. The maximum Gasteiger partial charge on any atom is 0.394 e. The van der Waals surface area contributed by atoms with Crippen molar-refractivity contribution >= 4 is 32.2 Å². The number of methoxy groups -OCH3 is 2. The first kappa shape index (κ1) is 38.8. The van der Waals surface area contributed by atoms with Crippen molar-refractivity contribution in [3.8, 4) is 11.5 Å². The van der Waals surface area contributed by atoms with Gasteiger partial charge in [0.25, 0.3) is 0 Å². The molecule has 4 aromatic rings. The Morgan fingerprint density at radius 1 is 0.736 bits per heavy atom. The minimum atomic E-state index is -4.67. The molecule has 10 atom stereocenters. The SMILES string of the molecule is C=C[C@H]1CN2CC[C@H]1C[C@H]2[C@H](O)c1ccnc2ccc(OC)cc12.C=C[C@H]1CN2CC[C@H]1C[C@H]2[C@H](O)c1ccnc2ccc(OC)cc12.O=S(=O)(O)O. The lowest BCUT2D eigenvalue weighted by atomic mass is 9.73. The fourth-order valence-electron chi connectivity index (χ4n) is 8.89. The summed E-state index contributed by atoms with van der Waals surface area (Å²) in [6, 6.07) is 15.9. The zero-order chi connectivity index (χ0) is 37.9. The standard InChI is InChI=1S/2C20H24N2O2.H2O4S/c2*1-3-13-12-22-9-7-14(13)10-19(22)20(23)16-6-8-21-18-5-4-15(24-2)11-17(16)18;1-5(2,3)4/h2*3-6,8,11,13-14,19-20,23H,1,7,9-10,12H2,2H3;(H2,1,2,3,4)/t2*13-,14-,19-,20+;/m00./s1. The smallest absolute Gasteiger partial charge is 0.394 e. The summed E-state index contributed by atoms with van der Waals surface area (Å²) in [6.07, 6.45) is 11.2. The number of fused-ring (bicyclic) bond motifs is 8. The Balaban J connectivity index is 0.000000161. The van der Waals surface area contributed by atoms with Gasteiger partial charge in [-0.25, -0.2) is 0 Å². The van der Waals surface area contributed by atoms with Gasteiger partial charge in [0.2, 0.25) is 0 Å². The van der Waals surface area contributed by atoms with E-state index in [1.807, 2.05) is 48.5 Å². The minimum Gasteiger partial charge on any atom is -0.497 e. The van der Waals surface area contributed by atoms with Crippen LogP contribution >= 0.6 is 0 Å². The molecule has 284 valence electrons. The Bertz CT molecular complexity index is 1890. The van der Waals surface area contributed by atoms with Crippen molar-refractivity contribution in [3.05, 3.63) is 97.4 Å². The average Bonchev–Trinajstić information content (AvgIpc) is 3.19. The molecule has 6 fully saturated rings. The molecule has 12 nitrogen and oxygen atoms in total. The molecule has 6 saturated heterocycles. The predicted octanol–water partition coefficient (Wildman–Crippen LogP) is 5.69. The molecule has 2 aromatic heterocycles. The summed E-state index contributed by atoms with van der Waals surface area (Å²) < 4.78 is 42.3. The van der Waals surface area contributed by atoms with Crippen LogP contribution < -0.4 is 9.47 Å². The summed E-state index contributed by atoms with van der Waals surface area (Å²) >= 11 is 0. The molecule has 0 radical (unpaired) electrons. The van der Waals surface area contributed by atoms with Gasteiger partial charge in [0.05, 0.1) is 37.5 Å².